The van der Waals surface area contributed by atoms with Crippen LogP contribution in [0.25, 0.3) is 0 Å². The number of hydrogen-bond acceptors (Lipinski definition) is 6. The van der Waals surface area contributed by atoms with Crippen molar-refractivity contribution >= 4 is 35.0 Å². The lowest BCUT2D eigenvalue weighted by atomic mass is 10.1. The van der Waals surface area contributed by atoms with Gasteiger partial charge in [-0.25, -0.2) is 0 Å². The number of nitrogens with zero attached hydrogens (tertiary/aromatic N) is 2. The fourth-order valence-corrected chi connectivity index (χ4v) is 3.43. The minimum atomic E-state index is -1.14. The van der Waals surface area contributed by atoms with E-state index in [1.165, 1.54) is 12.1 Å². The molecule has 1 aromatic carbocycles. The van der Waals surface area contributed by atoms with E-state index >= 15 is 0 Å². The number of aliphatic hydroxyl groups is 1. The second kappa shape index (κ2) is 9.26. The Morgan fingerprint density at radius 2 is 1.86 bits per heavy atom. The molecule has 0 saturated carbocycles. The molecule has 11 heteroatoms. The molecule has 0 aliphatic rings. The maximum Gasteiger partial charge on any atom is 0.305 e. The highest BCUT2D eigenvalue weighted by molar-refractivity contribution is 7.11. The molecule has 2 rings (SSSR count). The van der Waals surface area contributed by atoms with Crippen LogP contribution in [0.1, 0.15) is 37.7 Å². The minimum Gasteiger partial charge on any atom is -0.481 e. The summed E-state index contributed by atoms with van der Waals surface area (Å²) in [6, 6.07) is 5.18. The standard InChI is InChI=1S/C18H21N5O5S/c1-9-14(17(28)21-12(8-24)7-13(25)26)29-18(23(9)2)22-16(27)11-5-3-10(4-6-11)15(19)20/h3-6,12,24H,7-8H2,1-2H3,(H3,19,20)(H,21,28)(H,25,26). The fourth-order valence-electron chi connectivity index (χ4n) is 2.40. The zero-order chi connectivity index (χ0) is 21.7. The van der Waals surface area contributed by atoms with Gasteiger partial charge in [0.1, 0.15) is 10.7 Å². The van der Waals surface area contributed by atoms with Crippen LogP contribution in [-0.4, -0.2) is 51.0 Å². The Kier molecular flexibility index (Phi) is 7.02. The number of carboxylic acids is 1. The van der Waals surface area contributed by atoms with Crippen LogP contribution in [-0.2, 0) is 11.8 Å². The number of aliphatic carboxylic acids is 1. The van der Waals surface area contributed by atoms with E-state index in [0.29, 0.717) is 16.8 Å². The normalized spacial score (nSPS) is 12.4. The van der Waals surface area contributed by atoms with Crippen molar-refractivity contribution < 1.29 is 24.6 Å². The van der Waals surface area contributed by atoms with Crippen LogP contribution in [0.2, 0.25) is 0 Å². The zero-order valence-electron chi connectivity index (χ0n) is 15.8. The molecule has 154 valence electrons. The van der Waals surface area contributed by atoms with Crippen LogP contribution in [0.5, 0.6) is 0 Å². The molecule has 1 heterocycles. The fraction of sp³-hybridized carbons (Fsp3) is 0.278. The maximum absolute atomic E-state index is 12.5. The Balaban J connectivity index is 2.29. The van der Waals surface area contributed by atoms with Gasteiger partial charge in [-0.05, 0) is 19.1 Å². The molecule has 1 unspecified atom stereocenters. The van der Waals surface area contributed by atoms with Crippen molar-refractivity contribution in [1.29, 1.82) is 5.41 Å². The number of carboxylic acid groups (broad SMARTS) is 1. The average Bonchev–Trinajstić information content (AvgIpc) is 2.95. The third kappa shape index (κ3) is 5.36. The molecule has 1 aromatic heterocycles. The Hall–Kier alpha value is -3.31. The van der Waals surface area contributed by atoms with Gasteiger partial charge >= 0.3 is 5.97 Å². The van der Waals surface area contributed by atoms with E-state index in [1.54, 1.807) is 30.7 Å². The number of hydrogen-bond donors (Lipinski definition) is 5. The molecule has 29 heavy (non-hydrogen) atoms. The van der Waals surface area contributed by atoms with Crippen LogP contribution >= 0.6 is 11.3 Å². The molecule has 0 aliphatic heterocycles. The highest BCUT2D eigenvalue weighted by atomic mass is 32.1. The van der Waals surface area contributed by atoms with E-state index in [2.05, 4.69) is 10.3 Å². The molecular weight excluding hydrogens is 398 g/mol. The van der Waals surface area contributed by atoms with Crippen molar-refractivity contribution in [3.63, 3.8) is 0 Å². The second-order valence-electron chi connectivity index (χ2n) is 6.22. The highest BCUT2D eigenvalue weighted by Gasteiger charge is 2.20. The molecule has 10 nitrogen and oxygen atoms in total. The van der Waals surface area contributed by atoms with Crippen LogP contribution in [0, 0.1) is 12.3 Å². The van der Waals surface area contributed by atoms with Crippen LogP contribution in [0.15, 0.2) is 29.3 Å². The molecule has 0 fully saturated rings. The number of amidine groups is 1. The number of amides is 2. The number of nitrogen functional groups attached to an aromatic ring is 1. The van der Waals surface area contributed by atoms with E-state index in [9.17, 15) is 19.5 Å². The molecule has 2 aromatic rings. The van der Waals surface area contributed by atoms with Gasteiger partial charge in [-0.3, -0.25) is 19.8 Å². The summed E-state index contributed by atoms with van der Waals surface area (Å²) in [5, 5.41) is 27.9. The van der Waals surface area contributed by atoms with Crippen molar-refractivity contribution in [2.24, 2.45) is 17.8 Å². The van der Waals surface area contributed by atoms with E-state index < -0.39 is 36.9 Å². The van der Waals surface area contributed by atoms with Gasteiger partial charge in [-0.1, -0.05) is 23.5 Å². The average molecular weight is 419 g/mol. The lowest BCUT2D eigenvalue weighted by Gasteiger charge is -2.13. The minimum absolute atomic E-state index is 0.110. The SMILES string of the molecule is Cc1c(C(=O)NC(CO)CC(=O)O)sc(=NC(=O)c2ccc(C(=N)N)cc2)n1C. The molecule has 0 radical (unpaired) electrons. The van der Waals surface area contributed by atoms with Gasteiger partial charge in [0.05, 0.1) is 19.1 Å². The van der Waals surface area contributed by atoms with Gasteiger partial charge in [0.15, 0.2) is 4.80 Å². The molecule has 1 atom stereocenters. The van der Waals surface area contributed by atoms with Gasteiger partial charge in [-0.2, -0.15) is 4.99 Å². The third-order valence-corrected chi connectivity index (χ3v) is 5.37. The lowest BCUT2D eigenvalue weighted by molar-refractivity contribution is -0.137. The van der Waals surface area contributed by atoms with Crippen molar-refractivity contribution in [3.05, 3.63) is 50.8 Å². The predicted molar refractivity (Wildman–Crippen MR) is 106 cm³/mol. The number of benzene rings is 1. The predicted octanol–water partition coefficient (Wildman–Crippen LogP) is -0.0144. The molecule has 0 spiro atoms. The number of carbonyl (C=O) groups is 3. The summed E-state index contributed by atoms with van der Waals surface area (Å²) in [4.78, 5) is 40.3. The largest absolute Gasteiger partial charge is 0.481 e. The van der Waals surface area contributed by atoms with Crippen LogP contribution < -0.4 is 15.9 Å². The number of thiazole rings is 1. The van der Waals surface area contributed by atoms with Crippen molar-refractivity contribution in [3.8, 4) is 0 Å². The summed E-state index contributed by atoms with van der Waals surface area (Å²) in [5.41, 5.74) is 6.71. The first-order valence-electron chi connectivity index (χ1n) is 8.47. The van der Waals surface area contributed by atoms with Gasteiger partial charge in [0.25, 0.3) is 11.8 Å². The molecule has 2 amide bonds. The Morgan fingerprint density at radius 1 is 1.28 bits per heavy atom. The topological polar surface area (TPSA) is 171 Å². The summed E-state index contributed by atoms with van der Waals surface area (Å²) >= 11 is 0.977. The Morgan fingerprint density at radius 3 is 2.38 bits per heavy atom. The third-order valence-electron chi connectivity index (χ3n) is 4.13. The summed E-state index contributed by atoms with van der Waals surface area (Å²) in [6.45, 7) is 1.16. The molecule has 6 N–H and O–H groups in total. The summed E-state index contributed by atoms with van der Waals surface area (Å²) in [5.74, 6) is -2.33. The van der Waals surface area contributed by atoms with Gasteiger partial charge in [0.2, 0.25) is 0 Å². The number of rotatable bonds is 7. The van der Waals surface area contributed by atoms with Crippen molar-refractivity contribution in [1.82, 2.24) is 9.88 Å². The quantitative estimate of drug-likeness (QED) is 0.312. The molecule has 0 aliphatic carbocycles. The first-order valence-corrected chi connectivity index (χ1v) is 9.29. The van der Waals surface area contributed by atoms with Crippen LogP contribution in [0.4, 0.5) is 0 Å². The molecule has 0 bridgehead atoms. The summed E-state index contributed by atoms with van der Waals surface area (Å²) in [7, 11) is 1.65. The zero-order valence-corrected chi connectivity index (χ0v) is 16.6. The van der Waals surface area contributed by atoms with Gasteiger partial charge < -0.3 is 25.8 Å². The van der Waals surface area contributed by atoms with Gasteiger partial charge in [0, 0.05) is 23.9 Å². The first kappa shape index (κ1) is 22.0. The summed E-state index contributed by atoms with van der Waals surface area (Å²) < 4.78 is 1.58. The Bertz CT molecular complexity index is 1020. The van der Waals surface area contributed by atoms with Crippen LogP contribution in [0.3, 0.4) is 0 Å². The monoisotopic (exact) mass is 419 g/mol. The maximum atomic E-state index is 12.5. The van der Waals surface area contributed by atoms with E-state index in [1.807, 2.05) is 0 Å². The number of aliphatic hydroxyl groups excluding tert-OH is 1. The number of nitrogens with one attached hydrogen (secondary N) is 2. The van der Waals surface area contributed by atoms with Gasteiger partial charge in [-0.15, -0.1) is 0 Å². The first-order chi connectivity index (χ1) is 13.6. The van der Waals surface area contributed by atoms with Crippen molar-refractivity contribution in [2.75, 3.05) is 6.61 Å². The molecular formula is C18H21N5O5S. The highest BCUT2D eigenvalue weighted by Crippen LogP contribution is 2.12. The second-order valence-corrected chi connectivity index (χ2v) is 7.19. The smallest absolute Gasteiger partial charge is 0.305 e. The Labute approximate surface area is 169 Å². The lowest BCUT2D eigenvalue weighted by Crippen LogP contribution is -2.39. The van der Waals surface area contributed by atoms with Crippen molar-refractivity contribution in [2.45, 2.75) is 19.4 Å². The molecule has 0 saturated heterocycles. The number of carbonyl (C=O) groups excluding carboxylic acids is 2. The van der Waals surface area contributed by atoms with E-state index in [0.717, 1.165) is 11.3 Å². The van der Waals surface area contributed by atoms with E-state index in [4.69, 9.17) is 16.2 Å². The number of aromatic nitrogens is 1. The summed E-state index contributed by atoms with van der Waals surface area (Å²) in [6.07, 6.45) is -0.412. The van der Waals surface area contributed by atoms with E-state index in [-0.39, 0.29) is 15.5 Å². The number of nitrogens with two attached hydrogens (primary N) is 1.